The summed E-state index contributed by atoms with van der Waals surface area (Å²) in [6, 6.07) is 5.44. The van der Waals surface area contributed by atoms with Gasteiger partial charge in [-0.15, -0.1) is 11.3 Å². The lowest BCUT2D eigenvalue weighted by atomic mass is 9.97. The molecule has 0 atom stereocenters. The second-order valence-corrected chi connectivity index (χ2v) is 7.22. The van der Waals surface area contributed by atoms with Gasteiger partial charge in [0.25, 0.3) is 5.56 Å². The molecule has 0 unspecified atom stereocenters. The average Bonchev–Trinajstić information content (AvgIpc) is 3.06. The molecular weight excluding hydrogens is 350 g/mol. The molecule has 2 heterocycles. The summed E-state index contributed by atoms with van der Waals surface area (Å²) in [7, 11) is 3.19. The molecule has 1 aliphatic carbocycles. The summed E-state index contributed by atoms with van der Waals surface area (Å²) in [4.78, 5) is 19.5. The first kappa shape index (κ1) is 16.8. The molecule has 2 aromatic heterocycles. The number of benzene rings is 1. The van der Waals surface area contributed by atoms with Gasteiger partial charge in [-0.1, -0.05) is 0 Å². The van der Waals surface area contributed by atoms with Gasteiger partial charge in [-0.2, -0.15) is 9.78 Å². The lowest BCUT2D eigenvalue weighted by molar-refractivity contribution is 0.394. The maximum atomic E-state index is 12.9. The van der Waals surface area contributed by atoms with E-state index in [1.807, 2.05) is 12.1 Å². The molecule has 0 amide bonds. The number of hydrogen-bond donors (Lipinski definition) is 0. The molecule has 0 radical (unpaired) electrons. The van der Waals surface area contributed by atoms with Gasteiger partial charge in [0.1, 0.15) is 22.7 Å². The number of thiophene rings is 1. The van der Waals surface area contributed by atoms with Crippen LogP contribution in [0, 0.1) is 0 Å². The normalized spacial score (nSPS) is 13.9. The number of nitrogens with zero attached hydrogens (tertiary/aromatic N) is 3. The van der Waals surface area contributed by atoms with E-state index >= 15 is 0 Å². The molecule has 7 heteroatoms. The van der Waals surface area contributed by atoms with Crippen molar-refractivity contribution < 1.29 is 9.47 Å². The molecule has 0 saturated heterocycles. The third-order valence-corrected chi connectivity index (χ3v) is 5.82. The predicted octanol–water partition coefficient (Wildman–Crippen LogP) is 3.24. The highest BCUT2D eigenvalue weighted by molar-refractivity contribution is 7.18. The van der Waals surface area contributed by atoms with Crippen molar-refractivity contribution in [3.05, 3.63) is 50.9 Å². The zero-order valence-corrected chi connectivity index (χ0v) is 15.5. The maximum Gasteiger partial charge on any atom is 0.282 e. The van der Waals surface area contributed by atoms with Crippen LogP contribution in [0.3, 0.4) is 0 Å². The van der Waals surface area contributed by atoms with Crippen LogP contribution in [0.5, 0.6) is 11.5 Å². The summed E-state index contributed by atoms with van der Waals surface area (Å²) in [6.45, 7) is 0. The molecule has 26 heavy (non-hydrogen) atoms. The van der Waals surface area contributed by atoms with Crippen molar-refractivity contribution in [2.75, 3.05) is 14.2 Å². The summed E-state index contributed by atoms with van der Waals surface area (Å²) >= 11 is 1.64. The fourth-order valence-electron chi connectivity index (χ4n) is 3.27. The van der Waals surface area contributed by atoms with E-state index in [9.17, 15) is 4.79 Å². The number of aryl methyl sites for hydroxylation is 2. The second-order valence-electron chi connectivity index (χ2n) is 6.14. The highest BCUT2D eigenvalue weighted by Crippen LogP contribution is 2.33. The van der Waals surface area contributed by atoms with Crippen LogP contribution in [0.25, 0.3) is 10.2 Å². The Balaban J connectivity index is 1.75. The Kier molecular flexibility index (Phi) is 4.46. The molecule has 6 nitrogen and oxygen atoms in total. The van der Waals surface area contributed by atoms with Gasteiger partial charge >= 0.3 is 0 Å². The Morgan fingerprint density at radius 3 is 2.88 bits per heavy atom. The van der Waals surface area contributed by atoms with E-state index < -0.39 is 0 Å². The van der Waals surface area contributed by atoms with Gasteiger partial charge in [0, 0.05) is 16.5 Å². The van der Waals surface area contributed by atoms with Crippen molar-refractivity contribution >= 4 is 27.8 Å². The van der Waals surface area contributed by atoms with Gasteiger partial charge in [0.05, 0.1) is 25.8 Å². The van der Waals surface area contributed by atoms with E-state index in [0.29, 0.717) is 11.5 Å². The van der Waals surface area contributed by atoms with Gasteiger partial charge in [-0.05, 0) is 43.4 Å². The molecule has 0 aliphatic heterocycles. The third kappa shape index (κ3) is 2.88. The predicted molar refractivity (Wildman–Crippen MR) is 103 cm³/mol. The molecule has 1 aliphatic rings. The second kappa shape index (κ2) is 6.92. The minimum atomic E-state index is -0.113. The number of hydrogen-bond acceptors (Lipinski definition) is 6. The van der Waals surface area contributed by atoms with Gasteiger partial charge in [0.2, 0.25) is 0 Å². The van der Waals surface area contributed by atoms with Crippen LogP contribution in [-0.2, 0) is 12.8 Å². The summed E-state index contributed by atoms with van der Waals surface area (Å²) in [6.07, 6.45) is 7.39. The highest BCUT2D eigenvalue weighted by atomic mass is 32.1. The summed E-state index contributed by atoms with van der Waals surface area (Å²) in [5.41, 5.74) is 1.81. The Morgan fingerprint density at radius 2 is 2.08 bits per heavy atom. The van der Waals surface area contributed by atoms with E-state index in [4.69, 9.17) is 9.47 Å². The number of methoxy groups -OCH3 is 2. The van der Waals surface area contributed by atoms with Crippen molar-refractivity contribution in [2.24, 2.45) is 5.10 Å². The van der Waals surface area contributed by atoms with E-state index in [-0.39, 0.29) is 5.56 Å². The number of aromatic nitrogens is 2. The first-order valence-electron chi connectivity index (χ1n) is 8.49. The van der Waals surface area contributed by atoms with Crippen molar-refractivity contribution in [1.82, 2.24) is 9.66 Å². The molecule has 0 bridgehead atoms. The lowest BCUT2D eigenvalue weighted by Crippen LogP contribution is -2.18. The van der Waals surface area contributed by atoms with Crippen LogP contribution in [0.4, 0.5) is 0 Å². The van der Waals surface area contributed by atoms with E-state index in [2.05, 4.69) is 10.1 Å². The molecule has 1 aromatic carbocycles. The smallest absolute Gasteiger partial charge is 0.282 e. The Bertz CT molecular complexity index is 1050. The number of ether oxygens (including phenoxy) is 2. The third-order valence-electron chi connectivity index (χ3n) is 4.62. The Hall–Kier alpha value is -2.67. The van der Waals surface area contributed by atoms with Crippen LogP contribution in [0.2, 0.25) is 0 Å². The molecule has 4 rings (SSSR count). The first-order chi connectivity index (χ1) is 12.7. The zero-order valence-electron chi connectivity index (χ0n) is 14.7. The van der Waals surface area contributed by atoms with Gasteiger partial charge in [-0.25, -0.2) is 4.98 Å². The highest BCUT2D eigenvalue weighted by Gasteiger charge is 2.19. The number of rotatable bonds is 4. The van der Waals surface area contributed by atoms with Crippen LogP contribution in [-0.4, -0.2) is 30.1 Å². The minimum absolute atomic E-state index is 0.113. The Morgan fingerprint density at radius 1 is 1.23 bits per heavy atom. The lowest BCUT2D eigenvalue weighted by Gasteiger charge is -2.09. The molecule has 0 saturated carbocycles. The fourth-order valence-corrected chi connectivity index (χ4v) is 4.49. The average molecular weight is 369 g/mol. The van der Waals surface area contributed by atoms with Crippen LogP contribution < -0.4 is 15.0 Å². The molecular formula is C19H19N3O3S. The monoisotopic (exact) mass is 369 g/mol. The van der Waals surface area contributed by atoms with Gasteiger partial charge in [-0.3, -0.25) is 4.79 Å². The van der Waals surface area contributed by atoms with E-state index in [0.717, 1.165) is 35.0 Å². The minimum Gasteiger partial charge on any atom is -0.497 e. The summed E-state index contributed by atoms with van der Waals surface area (Å²) in [5, 5.41) is 5.05. The van der Waals surface area contributed by atoms with E-state index in [1.165, 1.54) is 27.9 Å². The fraction of sp³-hybridized carbons (Fsp3) is 0.316. The van der Waals surface area contributed by atoms with Crippen molar-refractivity contribution in [3.63, 3.8) is 0 Å². The Labute approximate surface area is 154 Å². The van der Waals surface area contributed by atoms with Crippen molar-refractivity contribution in [2.45, 2.75) is 25.7 Å². The van der Waals surface area contributed by atoms with Crippen LogP contribution >= 0.6 is 11.3 Å². The van der Waals surface area contributed by atoms with E-state index in [1.54, 1.807) is 37.8 Å². The maximum absolute atomic E-state index is 12.9. The van der Waals surface area contributed by atoms with Crippen molar-refractivity contribution in [3.8, 4) is 11.5 Å². The van der Waals surface area contributed by atoms with Crippen LogP contribution in [0.1, 0.15) is 28.8 Å². The summed E-state index contributed by atoms with van der Waals surface area (Å²) in [5.74, 6) is 1.33. The largest absolute Gasteiger partial charge is 0.497 e. The summed E-state index contributed by atoms with van der Waals surface area (Å²) < 4.78 is 11.9. The molecule has 0 spiro atoms. The topological polar surface area (TPSA) is 65.7 Å². The molecule has 134 valence electrons. The van der Waals surface area contributed by atoms with Gasteiger partial charge in [0.15, 0.2) is 0 Å². The standard InChI is InChI=1S/C19H19N3O3S/c1-24-13-8-7-12(15(9-13)25-2)10-21-22-11-20-18-17(19(22)23)14-5-3-4-6-16(14)26-18/h7-11H,3-6H2,1-2H3/b21-10-. The zero-order chi connectivity index (χ0) is 18.1. The number of fused-ring (bicyclic) bond motifs is 3. The van der Waals surface area contributed by atoms with Gasteiger partial charge < -0.3 is 9.47 Å². The molecule has 0 N–H and O–H groups in total. The molecule has 0 fully saturated rings. The molecule has 3 aromatic rings. The first-order valence-corrected chi connectivity index (χ1v) is 9.31. The quantitative estimate of drug-likeness (QED) is 0.662. The SMILES string of the molecule is COc1ccc(/C=N\n2cnc3sc4c(c3c2=O)CCCC4)c(OC)c1. The van der Waals surface area contributed by atoms with Crippen molar-refractivity contribution in [1.29, 1.82) is 0 Å². The van der Waals surface area contributed by atoms with Crippen LogP contribution in [0.15, 0.2) is 34.4 Å².